The molecule has 0 bridgehead atoms. The highest BCUT2D eigenvalue weighted by molar-refractivity contribution is 7.88. The van der Waals surface area contributed by atoms with Gasteiger partial charge in [-0.15, -0.1) is 0 Å². The van der Waals surface area contributed by atoms with Gasteiger partial charge < -0.3 is 63.4 Å². The van der Waals surface area contributed by atoms with E-state index in [-0.39, 0.29) is 37.3 Å². The fraction of sp³-hybridized carbons (Fsp3) is 0.766. The van der Waals surface area contributed by atoms with Gasteiger partial charge in [-0.05, 0) is 138 Å². The van der Waals surface area contributed by atoms with E-state index in [4.69, 9.17) is 37.9 Å². The number of aliphatic hydroxyl groups is 3. The van der Waals surface area contributed by atoms with Gasteiger partial charge in [0.25, 0.3) is 0 Å². The van der Waals surface area contributed by atoms with Gasteiger partial charge in [-0.3, -0.25) is 14.5 Å². The molecule has 466 valence electrons. The van der Waals surface area contributed by atoms with E-state index in [0.717, 1.165) is 25.7 Å². The van der Waals surface area contributed by atoms with Crippen molar-refractivity contribution < 1.29 is 67.6 Å². The quantitative estimate of drug-likeness (QED) is 0.0377. The van der Waals surface area contributed by atoms with E-state index in [2.05, 4.69) is 72.6 Å². The average molecular weight is 1170 g/mol. The highest BCUT2D eigenvalue weighted by atomic mass is 31.2. The number of amides is 1. The van der Waals surface area contributed by atoms with E-state index < -0.39 is 115 Å². The van der Waals surface area contributed by atoms with Crippen LogP contribution in [0.25, 0.3) is 0 Å². The first-order chi connectivity index (χ1) is 38.6. The summed E-state index contributed by atoms with van der Waals surface area (Å²) in [6, 6.07) is 21.1. The standard InChI is InChI=1S/C64H106N3O14P/c1-17-52-64(11,73)58(81-61(71)65-36-30-22-20-18-19-21-23-31-37-82(16,49-32-26-24-27-33-49)50-34-28-25-29-35-50)46(6)67(14)41-42(2)39-62(9,72)57(80-60-55(77-48(8)68)51(66(12)13)38-43(3)75-60)44(4)54(45(5)59(70)78-52)79-53-40-63(10,74-15)56(69)47(7)76-53/h24-29,32-35,42-47,51-58,60,69,72-73H,17-23,30-31,36-41H2,1-16H3/p+1/t42-,43?,44+,45-,46-,47+,51?,52-,53+,54+,55?,56+,57-,58-,60?,62-,63-,64-/m1/s1. The first-order valence-corrected chi connectivity index (χ1v) is 33.0. The number of hydrogen-bond donors (Lipinski definition) is 4. The van der Waals surface area contributed by atoms with E-state index >= 15 is 0 Å². The molecule has 82 heavy (non-hydrogen) atoms. The van der Waals surface area contributed by atoms with E-state index in [0.29, 0.717) is 19.5 Å². The van der Waals surface area contributed by atoms with Crippen LogP contribution in [0.15, 0.2) is 60.7 Å². The van der Waals surface area contributed by atoms with Crippen LogP contribution < -0.4 is 15.9 Å². The van der Waals surface area contributed by atoms with Crippen LogP contribution in [-0.2, 0) is 47.5 Å². The third-order valence-corrected chi connectivity index (χ3v) is 22.2. The summed E-state index contributed by atoms with van der Waals surface area (Å²) in [4.78, 5) is 45.5. The maximum Gasteiger partial charge on any atom is 0.407 e. The maximum atomic E-state index is 14.9. The topological polar surface area (TPSA) is 204 Å². The maximum absolute atomic E-state index is 14.9. The summed E-state index contributed by atoms with van der Waals surface area (Å²) in [6.45, 7) is 22.4. The SMILES string of the molecule is CC[C@H]1OC(=O)[C@H](C)[C@@H](O[C@H]2C[C@@](C)(OC)[C@@H](O)[C@H](C)O2)[C@H](C)[C@@H](OC2OC(C)CC(N(C)C)C2OC(C)=O)[C@](C)(O)C[C@@H](C)CN(C)[C@H](C)[C@@H](OC(=O)NCCCCCCCCCC[P+](C)(c2ccccc2)c2ccccc2)[C@]1(C)O. The lowest BCUT2D eigenvalue weighted by Gasteiger charge is -2.49. The van der Waals surface area contributed by atoms with Crippen molar-refractivity contribution in [1.82, 2.24) is 15.1 Å². The van der Waals surface area contributed by atoms with Gasteiger partial charge in [0.05, 0.1) is 78.3 Å². The van der Waals surface area contributed by atoms with Crippen molar-refractivity contribution in [1.29, 1.82) is 0 Å². The first-order valence-electron chi connectivity index (χ1n) is 30.5. The van der Waals surface area contributed by atoms with Gasteiger partial charge in [0.15, 0.2) is 24.8 Å². The summed E-state index contributed by atoms with van der Waals surface area (Å²) in [5.41, 5.74) is -4.64. The largest absolute Gasteiger partial charge is 0.459 e. The van der Waals surface area contributed by atoms with Crippen LogP contribution in [0.4, 0.5) is 4.79 Å². The molecule has 3 aliphatic rings. The third kappa shape index (κ3) is 18.4. The number of rotatable bonds is 22. The minimum absolute atomic E-state index is 0.0890. The minimum atomic E-state index is -1.90. The number of esters is 2. The van der Waals surface area contributed by atoms with Crippen LogP contribution in [0.5, 0.6) is 0 Å². The van der Waals surface area contributed by atoms with Crippen molar-refractivity contribution in [3.8, 4) is 0 Å². The normalized spacial score (nSPS) is 35.7. The molecular weight excluding hydrogens is 1070 g/mol. The Morgan fingerprint density at radius 3 is 1.93 bits per heavy atom. The molecule has 4 N–H and O–H groups in total. The molecule has 3 fully saturated rings. The molecule has 4 unspecified atom stereocenters. The van der Waals surface area contributed by atoms with E-state index in [9.17, 15) is 29.7 Å². The van der Waals surface area contributed by atoms with Gasteiger partial charge in [0, 0.05) is 45.5 Å². The van der Waals surface area contributed by atoms with Crippen molar-refractivity contribution in [3.05, 3.63) is 60.7 Å². The Labute approximate surface area is 492 Å². The highest BCUT2D eigenvalue weighted by Crippen LogP contribution is 2.53. The summed E-state index contributed by atoms with van der Waals surface area (Å²) in [7, 11) is 5.71. The van der Waals surface area contributed by atoms with Crippen molar-refractivity contribution >= 4 is 35.9 Å². The number of ether oxygens (including phenoxy) is 8. The van der Waals surface area contributed by atoms with Gasteiger partial charge in [0.2, 0.25) is 0 Å². The smallest absolute Gasteiger partial charge is 0.407 e. The van der Waals surface area contributed by atoms with Crippen molar-refractivity contribution in [2.75, 3.05) is 54.2 Å². The Kier molecular flexibility index (Phi) is 26.6. The Morgan fingerprint density at radius 1 is 0.805 bits per heavy atom. The molecular formula is C64H107N3O14P+. The van der Waals surface area contributed by atoms with Crippen molar-refractivity contribution in [2.45, 2.75) is 244 Å². The Hall–Kier alpha value is -3.32. The molecule has 17 nitrogen and oxygen atoms in total. The molecule has 3 aliphatic heterocycles. The van der Waals surface area contributed by atoms with Crippen LogP contribution in [0.2, 0.25) is 0 Å². The number of hydrogen-bond acceptors (Lipinski definition) is 16. The number of unbranched alkanes of at least 4 members (excludes halogenated alkanes) is 7. The average Bonchev–Trinajstić information content (AvgIpc) is 3.57. The molecule has 3 heterocycles. The fourth-order valence-electron chi connectivity index (χ4n) is 13.1. The monoisotopic (exact) mass is 1170 g/mol. The van der Waals surface area contributed by atoms with Crippen LogP contribution in [0.1, 0.15) is 153 Å². The second-order valence-electron chi connectivity index (χ2n) is 25.5. The van der Waals surface area contributed by atoms with E-state index in [1.54, 1.807) is 41.5 Å². The molecule has 0 spiro atoms. The molecule has 18 heteroatoms. The summed E-state index contributed by atoms with van der Waals surface area (Å²) < 4.78 is 51.1. The fourth-order valence-corrected chi connectivity index (χ4v) is 16.5. The molecule has 2 aromatic rings. The van der Waals surface area contributed by atoms with Gasteiger partial charge in [0.1, 0.15) is 17.8 Å². The summed E-state index contributed by atoms with van der Waals surface area (Å²) in [5, 5.41) is 42.8. The molecule has 3 saturated heterocycles. The van der Waals surface area contributed by atoms with Gasteiger partial charge >= 0.3 is 18.0 Å². The second-order valence-corrected chi connectivity index (χ2v) is 29.3. The zero-order valence-corrected chi connectivity index (χ0v) is 53.6. The Balaban J connectivity index is 1.32. The van der Waals surface area contributed by atoms with E-state index in [1.807, 2.05) is 58.6 Å². The van der Waals surface area contributed by atoms with Gasteiger partial charge in [-0.25, -0.2) is 4.79 Å². The van der Waals surface area contributed by atoms with Crippen LogP contribution in [0, 0.1) is 17.8 Å². The van der Waals surface area contributed by atoms with Gasteiger partial charge in [-0.1, -0.05) is 89.3 Å². The Bertz CT molecular complexity index is 2210. The zero-order chi connectivity index (χ0) is 60.7. The molecule has 0 aliphatic carbocycles. The number of nitrogens with zero attached hydrogens (tertiary/aromatic N) is 2. The number of carbonyl (C=O) groups is 3. The first kappa shape index (κ1) is 69.5. The number of benzene rings is 2. The molecule has 1 amide bonds. The summed E-state index contributed by atoms with van der Waals surface area (Å²) >= 11 is 0. The number of cyclic esters (lactones) is 1. The molecule has 0 saturated carbocycles. The number of methoxy groups -OCH3 is 1. The predicted molar refractivity (Wildman–Crippen MR) is 323 cm³/mol. The van der Waals surface area contributed by atoms with Crippen LogP contribution in [-0.4, -0.2) is 188 Å². The number of alkyl carbamates (subject to hydrolysis) is 1. The van der Waals surface area contributed by atoms with Crippen LogP contribution in [0.3, 0.4) is 0 Å². The summed E-state index contributed by atoms with van der Waals surface area (Å²) in [6.07, 6.45) is 0.468. The van der Waals surface area contributed by atoms with Gasteiger partial charge in [-0.2, -0.15) is 0 Å². The zero-order valence-electron chi connectivity index (χ0n) is 52.7. The number of likely N-dealkylation sites (N-methyl/N-ethyl adjacent to an activating group) is 2. The number of aliphatic hydroxyl groups excluding tert-OH is 1. The Morgan fingerprint density at radius 2 is 1.38 bits per heavy atom. The minimum Gasteiger partial charge on any atom is -0.459 e. The number of carbonyl (C=O) groups excluding carboxylic acids is 3. The molecule has 0 radical (unpaired) electrons. The highest BCUT2D eigenvalue weighted by Gasteiger charge is 2.54. The molecule has 0 aromatic heterocycles. The number of nitrogens with one attached hydrogen (secondary N) is 1. The predicted octanol–water partition coefficient (Wildman–Crippen LogP) is 8.62. The van der Waals surface area contributed by atoms with E-state index in [1.165, 1.54) is 56.5 Å². The molecule has 2 aromatic carbocycles. The molecule has 5 rings (SSSR count). The summed E-state index contributed by atoms with van der Waals surface area (Å²) in [5.74, 6) is -3.42. The van der Waals surface area contributed by atoms with Crippen molar-refractivity contribution in [2.24, 2.45) is 17.8 Å². The lowest BCUT2D eigenvalue weighted by atomic mass is 9.77. The molecule has 18 atom stereocenters. The second kappa shape index (κ2) is 31.4. The lowest BCUT2D eigenvalue weighted by molar-refractivity contribution is -0.318. The third-order valence-electron chi connectivity index (χ3n) is 18.1. The van der Waals surface area contributed by atoms with Crippen molar-refractivity contribution in [3.63, 3.8) is 0 Å². The lowest BCUT2D eigenvalue weighted by Crippen LogP contribution is -2.61. The van der Waals surface area contributed by atoms with Crippen LogP contribution >= 0.6 is 7.26 Å².